The van der Waals surface area contributed by atoms with Gasteiger partial charge >= 0.3 is 0 Å². The van der Waals surface area contributed by atoms with Gasteiger partial charge in [0.25, 0.3) is 0 Å². The number of aromatic nitrogens is 1. The molecular formula is C13H15BrN2S. The van der Waals surface area contributed by atoms with E-state index in [1.165, 1.54) is 8.66 Å². The van der Waals surface area contributed by atoms with Gasteiger partial charge in [-0.25, -0.2) is 0 Å². The summed E-state index contributed by atoms with van der Waals surface area (Å²) in [6.07, 6.45) is 1.07. The van der Waals surface area contributed by atoms with Gasteiger partial charge in [-0.15, -0.1) is 11.3 Å². The minimum absolute atomic E-state index is 0.841. The Hall–Kier alpha value is -0.710. The first-order valence-electron chi connectivity index (χ1n) is 5.61. The number of nitrogens with one attached hydrogen (secondary N) is 1. The molecule has 2 nitrogen and oxygen atoms in total. The summed E-state index contributed by atoms with van der Waals surface area (Å²) in [5, 5.41) is 3.42. The van der Waals surface area contributed by atoms with Crippen molar-refractivity contribution in [2.45, 2.75) is 19.9 Å². The van der Waals surface area contributed by atoms with Crippen LogP contribution in [0.5, 0.6) is 0 Å². The van der Waals surface area contributed by atoms with E-state index in [1.54, 1.807) is 11.3 Å². The van der Waals surface area contributed by atoms with Crippen LogP contribution in [-0.2, 0) is 13.0 Å². The van der Waals surface area contributed by atoms with Crippen molar-refractivity contribution in [3.8, 4) is 0 Å². The predicted octanol–water partition coefficient (Wildman–Crippen LogP) is 3.55. The Bertz CT molecular complexity index is 482. The highest BCUT2D eigenvalue weighted by molar-refractivity contribution is 9.11. The number of pyridine rings is 1. The molecule has 2 aromatic heterocycles. The van der Waals surface area contributed by atoms with Crippen LogP contribution in [0.3, 0.4) is 0 Å². The normalized spacial score (nSPS) is 10.7. The number of thiophene rings is 1. The summed E-state index contributed by atoms with van der Waals surface area (Å²) in [5.74, 6) is 0. The first kappa shape index (κ1) is 12.7. The summed E-state index contributed by atoms with van der Waals surface area (Å²) < 4.78 is 1.20. The molecule has 0 aliphatic carbocycles. The van der Waals surface area contributed by atoms with Gasteiger partial charge in [-0.1, -0.05) is 6.07 Å². The maximum Gasteiger partial charge on any atom is 0.0701 e. The standard InChI is InChI=1S/C13H15BrN2S/c1-10-3-2-4-11(16-10)9-15-8-7-12-5-6-13(14)17-12/h2-6,15H,7-9H2,1H3. The SMILES string of the molecule is Cc1cccc(CNCCc2ccc(Br)s2)n1. The third kappa shape index (κ3) is 4.22. The lowest BCUT2D eigenvalue weighted by Gasteiger charge is -2.04. The summed E-state index contributed by atoms with van der Waals surface area (Å²) in [4.78, 5) is 5.86. The summed E-state index contributed by atoms with van der Waals surface area (Å²) >= 11 is 5.27. The van der Waals surface area contributed by atoms with E-state index in [9.17, 15) is 0 Å². The zero-order chi connectivity index (χ0) is 12.1. The quantitative estimate of drug-likeness (QED) is 0.854. The minimum atomic E-state index is 0.841. The summed E-state index contributed by atoms with van der Waals surface area (Å²) in [5.41, 5.74) is 2.18. The predicted molar refractivity (Wildman–Crippen MR) is 76.4 cm³/mol. The van der Waals surface area contributed by atoms with Crippen molar-refractivity contribution in [3.05, 3.63) is 50.4 Å². The van der Waals surface area contributed by atoms with Gasteiger partial charge in [-0.05, 0) is 53.5 Å². The number of aryl methyl sites for hydroxylation is 1. The molecule has 0 amide bonds. The molecule has 0 spiro atoms. The molecule has 0 aromatic carbocycles. The minimum Gasteiger partial charge on any atom is -0.311 e. The number of hydrogen-bond donors (Lipinski definition) is 1. The molecule has 0 bridgehead atoms. The van der Waals surface area contributed by atoms with Crippen molar-refractivity contribution in [1.82, 2.24) is 10.3 Å². The topological polar surface area (TPSA) is 24.9 Å². The lowest BCUT2D eigenvalue weighted by molar-refractivity contribution is 0.676. The van der Waals surface area contributed by atoms with Crippen LogP contribution in [-0.4, -0.2) is 11.5 Å². The molecule has 0 atom stereocenters. The lowest BCUT2D eigenvalue weighted by atomic mass is 10.3. The fourth-order valence-corrected chi connectivity index (χ4v) is 3.09. The zero-order valence-electron chi connectivity index (χ0n) is 9.74. The van der Waals surface area contributed by atoms with Crippen molar-refractivity contribution in [2.75, 3.05) is 6.54 Å². The molecule has 2 aromatic rings. The van der Waals surface area contributed by atoms with E-state index in [2.05, 4.69) is 50.5 Å². The highest BCUT2D eigenvalue weighted by Gasteiger charge is 1.98. The number of rotatable bonds is 5. The third-order valence-corrected chi connectivity index (χ3v) is 4.11. The number of hydrogen-bond acceptors (Lipinski definition) is 3. The van der Waals surface area contributed by atoms with Crippen LogP contribution in [0.1, 0.15) is 16.3 Å². The molecular weight excluding hydrogens is 296 g/mol. The van der Waals surface area contributed by atoms with Crippen LogP contribution in [0.25, 0.3) is 0 Å². The van der Waals surface area contributed by atoms with Crippen LogP contribution >= 0.6 is 27.3 Å². The fourth-order valence-electron chi connectivity index (χ4n) is 1.61. The average molecular weight is 311 g/mol. The number of halogens is 1. The van der Waals surface area contributed by atoms with E-state index >= 15 is 0 Å². The maximum atomic E-state index is 4.45. The Morgan fingerprint density at radius 2 is 2.18 bits per heavy atom. The van der Waals surface area contributed by atoms with E-state index in [-0.39, 0.29) is 0 Å². The monoisotopic (exact) mass is 310 g/mol. The van der Waals surface area contributed by atoms with E-state index in [4.69, 9.17) is 0 Å². The van der Waals surface area contributed by atoms with Crippen LogP contribution in [0.2, 0.25) is 0 Å². The van der Waals surface area contributed by atoms with Gasteiger partial charge < -0.3 is 5.32 Å². The van der Waals surface area contributed by atoms with Gasteiger partial charge in [0.2, 0.25) is 0 Å². The molecule has 0 saturated heterocycles. The van der Waals surface area contributed by atoms with Gasteiger partial charge in [0.1, 0.15) is 0 Å². The first-order valence-corrected chi connectivity index (χ1v) is 7.22. The molecule has 1 N–H and O–H groups in total. The molecule has 2 rings (SSSR count). The second-order valence-corrected chi connectivity index (χ2v) is 6.45. The Morgan fingerprint density at radius 1 is 1.29 bits per heavy atom. The van der Waals surface area contributed by atoms with Crippen molar-refractivity contribution < 1.29 is 0 Å². The Balaban J connectivity index is 1.73. The Labute approximate surface area is 114 Å². The van der Waals surface area contributed by atoms with E-state index < -0.39 is 0 Å². The largest absolute Gasteiger partial charge is 0.311 e. The van der Waals surface area contributed by atoms with Crippen molar-refractivity contribution in [2.24, 2.45) is 0 Å². The highest BCUT2D eigenvalue weighted by atomic mass is 79.9. The van der Waals surface area contributed by atoms with Gasteiger partial charge in [0.15, 0.2) is 0 Å². The molecule has 0 aliphatic heterocycles. The molecule has 0 radical (unpaired) electrons. The maximum absolute atomic E-state index is 4.45. The van der Waals surface area contributed by atoms with Crippen LogP contribution in [0.15, 0.2) is 34.1 Å². The highest BCUT2D eigenvalue weighted by Crippen LogP contribution is 2.21. The Morgan fingerprint density at radius 3 is 2.88 bits per heavy atom. The summed E-state index contributed by atoms with van der Waals surface area (Å²) in [6, 6.07) is 10.4. The molecule has 0 saturated carbocycles. The van der Waals surface area contributed by atoms with E-state index in [0.717, 1.165) is 30.9 Å². The summed E-state index contributed by atoms with van der Waals surface area (Å²) in [6.45, 7) is 3.85. The molecule has 0 unspecified atom stereocenters. The molecule has 17 heavy (non-hydrogen) atoms. The second-order valence-electron chi connectivity index (χ2n) is 3.90. The van der Waals surface area contributed by atoms with Crippen molar-refractivity contribution in [3.63, 3.8) is 0 Å². The smallest absolute Gasteiger partial charge is 0.0701 e. The number of nitrogens with zero attached hydrogens (tertiary/aromatic N) is 1. The van der Waals surface area contributed by atoms with Crippen molar-refractivity contribution in [1.29, 1.82) is 0 Å². The molecule has 2 heterocycles. The zero-order valence-corrected chi connectivity index (χ0v) is 12.1. The van der Waals surface area contributed by atoms with Gasteiger partial charge in [0.05, 0.1) is 9.48 Å². The van der Waals surface area contributed by atoms with E-state index in [1.807, 2.05) is 13.0 Å². The lowest BCUT2D eigenvalue weighted by Crippen LogP contribution is -2.17. The first-order chi connectivity index (χ1) is 8.24. The van der Waals surface area contributed by atoms with Gasteiger partial charge in [-0.3, -0.25) is 4.98 Å². The molecule has 90 valence electrons. The van der Waals surface area contributed by atoms with Gasteiger partial charge in [-0.2, -0.15) is 0 Å². The van der Waals surface area contributed by atoms with E-state index in [0.29, 0.717) is 0 Å². The molecule has 4 heteroatoms. The van der Waals surface area contributed by atoms with Gasteiger partial charge in [0, 0.05) is 23.7 Å². The van der Waals surface area contributed by atoms with Crippen molar-refractivity contribution >= 4 is 27.3 Å². The summed E-state index contributed by atoms with van der Waals surface area (Å²) in [7, 11) is 0. The third-order valence-electron chi connectivity index (χ3n) is 2.43. The van der Waals surface area contributed by atoms with Crippen LogP contribution < -0.4 is 5.32 Å². The second kappa shape index (κ2) is 6.28. The van der Waals surface area contributed by atoms with Crippen LogP contribution in [0, 0.1) is 6.92 Å². The fraction of sp³-hybridized carbons (Fsp3) is 0.308. The molecule has 0 fully saturated rings. The Kier molecular flexibility index (Phi) is 4.71. The van der Waals surface area contributed by atoms with Crippen LogP contribution in [0.4, 0.5) is 0 Å². The molecule has 0 aliphatic rings. The average Bonchev–Trinajstić information content (AvgIpc) is 2.71.